The summed E-state index contributed by atoms with van der Waals surface area (Å²) in [4.78, 5) is 13.0. The molecule has 0 aliphatic heterocycles. The van der Waals surface area contributed by atoms with Gasteiger partial charge in [0.2, 0.25) is 0 Å². The third-order valence-corrected chi connectivity index (χ3v) is 4.14. The number of hydrogen-bond donors (Lipinski definition) is 1. The Morgan fingerprint density at radius 3 is 2.35 bits per heavy atom. The lowest BCUT2D eigenvalue weighted by Gasteiger charge is -2.20. The Morgan fingerprint density at radius 1 is 1.15 bits per heavy atom. The van der Waals surface area contributed by atoms with Gasteiger partial charge in [0.05, 0.1) is 5.56 Å². The molecular weight excluding hydrogens is 386 g/mol. The zero-order valence-corrected chi connectivity index (χ0v) is 14.0. The minimum absolute atomic E-state index is 0.269. The number of anilines is 1. The van der Waals surface area contributed by atoms with Gasteiger partial charge in [0.1, 0.15) is 0 Å². The third-order valence-electron chi connectivity index (χ3n) is 2.96. The van der Waals surface area contributed by atoms with Crippen molar-refractivity contribution in [2.24, 2.45) is 0 Å². The van der Waals surface area contributed by atoms with Crippen LogP contribution < -0.4 is 4.90 Å². The van der Waals surface area contributed by atoms with Crippen LogP contribution in [0.4, 0.5) is 5.69 Å². The van der Waals surface area contributed by atoms with Crippen molar-refractivity contribution in [3.8, 4) is 0 Å². The number of aromatic carboxylic acids is 1. The molecule has 2 aromatic rings. The molecule has 1 N–H and O–H groups in total. The molecule has 0 saturated carbocycles. The van der Waals surface area contributed by atoms with E-state index >= 15 is 0 Å². The summed E-state index contributed by atoms with van der Waals surface area (Å²) < 4.78 is 1.64. The minimum Gasteiger partial charge on any atom is -0.478 e. The summed E-state index contributed by atoms with van der Waals surface area (Å²) in [5.74, 6) is -0.931. The van der Waals surface area contributed by atoms with Gasteiger partial charge in [-0.15, -0.1) is 0 Å². The second-order valence-corrected chi connectivity index (χ2v) is 6.22. The Balaban J connectivity index is 2.17. The topological polar surface area (TPSA) is 40.5 Å². The van der Waals surface area contributed by atoms with E-state index in [0.717, 1.165) is 16.7 Å². The second-order valence-electron chi connectivity index (χ2n) is 4.45. The number of carboxylic acid groups (broad SMARTS) is 1. The van der Waals surface area contributed by atoms with Crippen LogP contribution in [0.2, 0.25) is 0 Å². The van der Waals surface area contributed by atoms with Gasteiger partial charge in [-0.2, -0.15) is 0 Å². The smallest absolute Gasteiger partial charge is 0.336 e. The first-order valence-electron chi connectivity index (χ1n) is 5.96. The Morgan fingerprint density at radius 2 is 1.80 bits per heavy atom. The number of halogens is 2. The van der Waals surface area contributed by atoms with Crippen molar-refractivity contribution in [1.29, 1.82) is 0 Å². The average molecular weight is 399 g/mol. The molecule has 0 radical (unpaired) electrons. The van der Waals surface area contributed by atoms with Crippen LogP contribution in [0.25, 0.3) is 0 Å². The van der Waals surface area contributed by atoms with E-state index in [4.69, 9.17) is 5.11 Å². The molecule has 0 atom stereocenters. The van der Waals surface area contributed by atoms with Gasteiger partial charge in [-0.05, 0) is 51.8 Å². The lowest BCUT2D eigenvalue weighted by molar-refractivity contribution is 0.0696. The summed E-state index contributed by atoms with van der Waals surface area (Å²) in [5, 5.41) is 9.01. The van der Waals surface area contributed by atoms with Gasteiger partial charge in [-0.1, -0.05) is 28.1 Å². The van der Waals surface area contributed by atoms with Crippen LogP contribution in [0.3, 0.4) is 0 Å². The highest BCUT2D eigenvalue weighted by Gasteiger charge is 2.10. The first-order valence-corrected chi connectivity index (χ1v) is 7.54. The van der Waals surface area contributed by atoms with Crippen LogP contribution in [-0.2, 0) is 6.54 Å². The standard InChI is InChI=1S/C15H13Br2NO2/c1-18(9-10-2-4-11(16)5-3-10)12-6-7-13(15(19)20)14(17)8-12/h2-8H,9H2,1H3,(H,19,20). The molecule has 0 saturated heterocycles. The summed E-state index contributed by atoms with van der Waals surface area (Å²) in [7, 11) is 1.98. The molecule has 0 aliphatic rings. The van der Waals surface area contributed by atoms with Crippen molar-refractivity contribution < 1.29 is 9.90 Å². The Hall–Kier alpha value is -1.33. The summed E-state index contributed by atoms with van der Waals surface area (Å²) in [6.45, 7) is 0.756. The molecule has 0 unspecified atom stereocenters. The Bertz CT molecular complexity index is 626. The second kappa shape index (κ2) is 6.41. The van der Waals surface area contributed by atoms with Crippen molar-refractivity contribution in [3.63, 3.8) is 0 Å². The van der Waals surface area contributed by atoms with Crippen LogP contribution in [-0.4, -0.2) is 18.1 Å². The average Bonchev–Trinajstić information content (AvgIpc) is 2.40. The van der Waals surface area contributed by atoms with Gasteiger partial charge in [-0.3, -0.25) is 0 Å². The summed E-state index contributed by atoms with van der Waals surface area (Å²) in [6, 6.07) is 13.4. The summed E-state index contributed by atoms with van der Waals surface area (Å²) in [6.07, 6.45) is 0. The highest BCUT2D eigenvalue weighted by Crippen LogP contribution is 2.25. The summed E-state index contributed by atoms with van der Waals surface area (Å²) >= 11 is 6.71. The predicted octanol–water partition coefficient (Wildman–Crippen LogP) is 4.55. The van der Waals surface area contributed by atoms with Crippen molar-refractivity contribution in [3.05, 3.63) is 62.5 Å². The molecule has 0 amide bonds. The molecule has 0 spiro atoms. The first kappa shape index (κ1) is 15.1. The molecule has 0 heterocycles. The molecule has 0 bridgehead atoms. The lowest BCUT2D eigenvalue weighted by Crippen LogP contribution is -2.16. The van der Waals surface area contributed by atoms with Gasteiger partial charge < -0.3 is 10.0 Å². The van der Waals surface area contributed by atoms with Gasteiger partial charge in [0.25, 0.3) is 0 Å². The number of nitrogens with zero attached hydrogens (tertiary/aromatic N) is 1. The fraction of sp³-hybridized carbons (Fsp3) is 0.133. The molecule has 3 nitrogen and oxygen atoms in total. The quantitative estimate of drug-likeness (QED) is 0.821. The van der Waals surface area contributed by atoms with E-state index in [9.17, 15) is 4.79 Å². The number of rotatable bonds is 4. The lowest BCUT2D eigenvalue weighted by atomic mass is 10.1. The van der Waals surface area contributed by atoms with Crippen molar-refractivity contribution in [2.75, 3.05) is 11.9 Å². The molecular formula is C15H13Br2NO2. The predicted molar refractivity (Wildman–Crippen MR) is 87.4 cm³/mol. The Kier molecular flexibility index (Phi) is 4.83. The van der Waals surface area contributed by atoms with E-state index < -0.39 is 5.97 Å². The summed E-state index contributed by atoms with van der Waals surface area (Å²) in [5.41, 5.74) is 2.42. The highest BCUT2D eigenvalue weighted by molar-refractivity contribution is 9.10. The molecule has 2 aromatic carbocycles. The maximum absolute atomic E-state index is 11.0. The third kappa shape index (κ3) is 3.61. The maximum Gasteiger partial charge on any atom is 0.336 e. The SMILES string of the molecule is CN(Cc1ccc(Br)cc1)c1ccc(C(=O)O)c(Br)c1. The van der Waals surface area contributed by atoms with E-state index in [1.54, 1.807) is 6.07 Å². The van der Waals surface area contributed by atoms with Gasteiger partial charge in [0.15, 0.2) is 0 Å². The van der Waals surface area contributed by atoms with E-state index in [1.807, 2.05) is 31.3 Å². The zero-order chi connectivity index (χ0) is 14.7. The van der Waals surface area contributed by atoms with E-state index in [2.05, 4.69) is 48.9 Å². The molecule has 20 heavy (non-hydrogen) atoms. The maximum atomic E-state index is 11.0. The fourth-order valence-corrected chi connectivity index (χ4v) is 2.67. The first-order chi connectivity index (χ1) is 9.47. The molecule has 2 rings (SSSR count). The number of carboxylic acids is 1. The number of carbonyl (C=O) groups is 1. The van der Waals surface area contributed by atoms with E-state index in [-0.39, 0.29) is 5.56 Å². The molecule has 0 fully saturated rings. The van der Waals surface area contributed by atoms with Crippen molar-refractivity contribution >= 4 is 43.5 Å². The molecule has 5 heteroatoms. The molecule has 0 aliphatic carbocycles. The van der Waals surface area contributed by atoms with Crippen LogP contribution in [0.5, 0.6) is 0 Å². The van der Waals surface area contributed by atoms with Crippen molar-refractivity contribution in [2.45, 2.75) is 6.54 Å². The normalized spacial score (nSPS) is 10.3. The molecule has 104 valence electrons. The van der Waals surface area contributed by atoms with Crippen molar-refractivity contribution in [1.82, 2.24) is 0 Å². The van der Waals surface area contributed by atoms with E-state index in [0.29, 0.717) is 4.47 Å². The molecule has 0 aromatic heterocycles. The van der Waals surface area contributed by atoms with Gasteiger partial charge >= 0.3 is 5.97 Å². The zero-order valence-electron chi connectivity index (χ0n) is 10.8. The van der Waals surface area contributed by atoms with Crippen LogP contribution in [0.1, 0.15) is 15.9 Å². The minimum atomic E-state index is -0.931. The van der Waals surface area contributed by atoms with Crippen LogP contribution >= 0.6 is 31.9 Å². The van der Waals surface area contributed by atoms with Crippen LogP contribution in [0, 0.1) is 0 Å². The van der Waals surface area contributed by atoms with Gasteiger partial charge in [0, 0.05) is 28.2 Å². The fourth-order valence-electron chi connectivity index (χ4n) is 1.87. The largest absolute Gasteiger partial charge is 0.478 e. The number of benzene rings is 2. The van der Waals surface area contributed by atoms with Gasteiger partial charge in [-0.25, -0.2) is 4.79 Å². The Labute approximate surface area is 134 Å². The monoisotopic (exact) mass is 397 g/mol. The van der Waals surface area contributed by atoms with E-state index in [1.165, 1.54) is 5.56 Å². The highest BCUT2D eigenvalue weighted by atomic mass is 79.9. The number of hydrogen-bond acceptors (Lipinski definition) is 2. The van der Waals surface area contributed by atoms with Crippen LogP contribution in [0.15, 0.2) is 51.4 Å².